The molecule has 0 spiro atoms. The summed E-state index contributed by atoms with van der Waals surface area (Å²) in [5.74, 6) is 0.735. The van der Waals surface area contributed by atoms with Gasteiger partial charge in [-0.3, -0.25) is 0 Å². The Morgan fingerprint density at radius 3 is 1.77 bits per heavy atom. The molecule has 80 valence electrons. The van der Waals surface area contributed by atoms with E-state index in [2.05, 4.69) is 58.6 Å². The largest absolute Gasteiger partial charge is 0.309 e. The molecule has 0 radical (unpaired) electrons. The van der Waals surface area contributed by atoms with Crippen molar-refractivity contribution in [3.63, 3.8) is 0 Å². The number of nitrogens with zero attached hydrogens (tertiary/aromatic N) is 2. The molecule has 0 aliphatic heterocycles. The second-order valence-corrected chi connectivity index (χ2v) is 5.42. The summed E-state index contributed by atoms with van der Waals surface area (Å²) in [5, 5.41) is 0. The van der Waals surface area contributed by atoms with E-state index in [0.29, 0.717) is 5.54 Å². The van der Waals surface area contributed by atoms with Crippen LogP contribution in [-0.4, -0.2) is 49.6 Å². The summed E-state index contributed by atoms with van der Waals surface area (Å²) in [6.45, 7) is 11.4. The van der Waals surface area contributed by atoms with Crippen molar-refractivity contribution in [1.29, 1.82) is 0 Å². The average Bonchev–Trinajstić information content (AvgIpc) is 1.82. The third-order valence-electron chi connectivity index (χ3n) is 2.41. The molecule has 2 nitrogen and oxygen atoms in total. The van der Waals surface area contributed by atoms with Crippen molar-refractivity contribution in [2.45, 2.75) is 33.2 Å². The van der Waals surface area contributed by atoms with Gasteiger partial charge in [-0.1, -0.05) is 6.92 Å². The van der Waals surface area contributed by atoms with Gasteiger partial charge in [-0.2, -0.15) is 0 Å². The zero-order valence-electron chi connectivity index (χ0n) is 10.4. The average molecular weight is 186 g/mol. The predicted octanol–water partition coefficient (Wildman–Crippen LogP) is 1.91. The number of hydrogen-bond acceptors (Lipinski definition) is 2. The maximum atomic E-state index is 2.42. The zero-order chi connectivity index (χ0) is 10.6. The first-order valence-corrected chi connectivity index (χ1v) is 5.09. The molecule has 0 amide bonds. The molecule has 0 rings (SSSR count). The summed E-state index contributed by atoms with van der Waals surface area (Å²) < 4.78 is 0. The Bertz CT molecular complexity index is 136. The van der Waals surface area contributed by atoms with Gasteiger partial charge in [0.05, 0.1) is 0 Å². The SMILES string of the molecule is CC(CN(C)C)CN(C)C(C)(C)C. The van der Waals surface area contributed by atoms with Crippen LogP contribution in [0.5, 0.6) is 0 Å². The highest BCUT2D eigenvalue weighted by molar-refractivity contribution is 4.74. The van der Waals surface area contributed by atoms with Gasteiger partial charge in [0, 0.05) is 18.6 Å². The third kappa shape index (κ3) is 6.05. The Labute approximate surface area is 83.9 Å². The minimum absolute atomic E-state index is 0.292. The zero-order valence-corrected chi connectivity index (χ0v) is 10.4. The van der Waals surface area contributed by atoms with Gasteiger partial charge in [0.2, 0.25) is 0 Å². The molecular weight excluding hydrogens is 160 g/mol. The summed E-state index contributed by atoms with van der Waals surface area (Å²) in [6, 6.07) is 0. The molecule has 0 saturated carbocycles. The molecule has 0 bridgehead atoms. The second-order valence-electron chi connectivity index (χ2n) is 5.42. The van der Waals surface area contributed by atoms with Gasteiger partial charge in [0.1, 0.15) is 0 Å². The van der Waals surface area contributed by atoms with E-state index in [4.69, 9.17) is 0 Å². The molecule has 0 fully saturated rings. The topological polar surface area (TPSA) is 6.48 Å². The molecular formula is C11H26N2. The van der Waals surface area contributed by atoms with Crippen molar-refractivity contribution in [3.05, 3.63) is 0 Å². The van der Waals surface area contributed by atoms with Crippen LogP contribution in [-0.2, 0) is 0 Å². The molecule has 0 heterocycles. The third-order valence-corrected chi connectivity index (χ3v) is 2.41. The fourth-order valence-corrected chi connectivity index (χ4v) is 1.42. The summed E-state index contributed by atoms with van der Waals surface area (Å²) in [4.78, 5) is 4.67. The molecule has 0 aromatic rings. The lowest BCUT2D eigenvalue weighted by atomic mass is 10.0. The van der Waals surface area contributed by atoms with Crippen LogP contribution in [0.2, 0.25) is 0 Å². The van der Waals surface area contributed by atoms with Gasteiger partial charge in [-0.05, 0) is 47.8 Å². The van der Waals surface area contributed by atoms with Crippen LogP contribution in [0.15, 0.2) is 0 Å². The number of rotatable bonds is 4. The predicted molar refractivity (Wildman–Crippen MR) is 60.1 cm³/mol. The molecule has 0 N–H and O–H groups in total. The molecule has 1 atom stereocenters. The molecule has 0 aliphatic carbocycles. The van der Waals surface area contributed by atoms with Crippen LogP contribution in [0.3, 0.4) is 0 Å². The Balaban J connectivity index is 3.85. The van der Waals surface area contributed by atoms with E-state index in [0.717, 1.165) is 5.92 Å². The van der Waals surface area contributed by atoms with Crippen molar-refractivity contribution in [3.8, 4) is 0 Å². The lowest BCUT2D eigenvalue weighted by molar-refractivity contribution is 0.142. The fraction of sp³-hybridized carbons (Fsp3) is 1.00. The Morgan fingerprint density at radius 1 is 1.00 bits per heavy atom. The highest BCUT2D eigenvalue weighted by Crippen LogP contribution is 2.12. The van der Waals surface area contributed by atoms with Gasteiger partial charge >= 0.3 is 0 Å². The van der Waals surface area contributed by atoms with Crippen molar-refractivity contribution in [2.75, 3.05) is 34.2 Å². The lowest BCUT2D eigenvalue weighted by Crippen LogP contribution is -2.42. The van der Waals surface area contributed by atoms with E-state index >= 15 is 0 Å². The first-order chi connectivity index (χ1) is 5.73. The lowest BCUT2D eigenvalue weighted by Gasteiger charge is -2.34. The highest BCUT2D eigenvalue weighted by Gasteiger charge is 2.18. The van der Waals surface area contributed by atoms with Gasteiger partial charge in [0.15, 0.2) is 0 Å². The summed E-state index contributed by atoms with van der Waals surface area (Å²) in [6.07, 6.45) is 0. The van der Waals surface area contributed by atoms with Crippen LogP contribution < -0.4 is 0 Å². The fourth-order valence-electron chi connectivity index (χ4n) is 1.42. The van der Waals surface area contributed by atoms with E-state index in [1.165, 1.54) is 13.1 Å². The Morgan fingerprint density at radius 2 is 1.46 bits per heavy atom. The minimum Gasteiger partial charge on any atom is -0.309 e. The standard InChI is InChI=1S/C11H26N2/c1-10(8-12(5)6)9-13(7)11(2,3)4/h10H,8-9H2,1-7H3. The van der Waals surface area contributed by atoms with E-state index in [1.807, 2.05) is 0 Å². The smallest absolute Gasteiger partial charge is 0.0122 e. The second kappa shape index (κ2) is 4.97. The van der Waals surface area contributed by atoms with E-state index < -0.39 is 0 Å². The van der Waals surface area contributed by atoms with Crippen LogP contribution in [0.4, 0.5) is 0 Å². The molecule has 1 unspecified atom stereocenters. The maximum Gasteiger partial charge on any atom is 0.0122 e. The summed E-state index contributed by atoms with van der Waals surface area (Å²) in [5.41, 5.74) is 0.292. The van der Waals surface area contributed by atoms with Crippen molar-refractivity contribution in [1.82, 2.24) is 9.80 Å². The molecule has 0 aromatic carbocycles. The maximum absolute atomic E-state index is 2.42. The van der Waals surface area contributed by atoms with Crippen molar-refractivity contribution >= 4 is 0 Å². The first-order valence-electron chi connectivity index (χ1n) is 5.09. The summed E-state index contributed by atoms with van der Waals surface area (Å²) >= 11 is 0. The molecule has 2 heteroatoms. The monoisotopic (exact) mass is 186 g/mol. The summed E-state index contributed by atoms with van der Waals surface area (Å²) in [7, 11) is 6.47. The van der Waals surface area contributed by atoms with E-state index in [-0.39, 0.29) is 0 Å². The number of hydrogen-bond donors (Lipinski definition) is 0. The van der Waals surface area contributed by atoms with Crippen molar-refractivity contribution < 1.29 is 0 Å². The van der Waals surface area contributed by atoms with E-state index in [9.17, 15) is 0 Å². The van der Waals surface area contributed by atoms with Gasteiger partial charge in [-0.25, -0.2) is 0 Å². The van der Waals surface area contributed by atoms with Crippen LogP contribution >= 0.6 is 0 Å². The quantitative estimate of drug-likeness (QED) is 0.662. The molecule has 0 saturated heterocycles. The minimum atomic E-state index is 0.292. The van der Waals surface area contributed by atoms with Crippen LogP contribution in [0.25, 0.3) is 0 Å². The molecule has 0 aromatic heterocycles. The van der Waals surface area contributed by atoms with Crippen molar-refractivity contribution in [2.24, 2.45) is 5.92 Å². The molecule has 13 heavy (non-hydrogen) atoms. The Kier molecular flexibility index (Phi) is 4.93. The van der Waals surface area contributed by atoms with Gasteiger partial charge < -0.3 is 9.80 Å². The van der Waals surface area contributed by atoms with E-state index in [1.54, 1.807) is 0 Å². The van der Waals surface area contributed by atoms with Crippen LogP contribution in [0.1, 0.15) is 27.7 Å². The van der Waals surface area contributed by atoms with Crippen LogP contribution in [0, 0.1) is 5.92 Å². The highest BCUT2D eigenvalue weighted by atomic mass is 15.2. The molecule has 0 aliphatic rings. The normalized spacial score (nSPS) is 15.5. The Hall–Kier alpha value is -0.0800. The van der Waals surface area contributed by atoms with Gasteiger partial charge in [0.25, 0.3) is 0 Å². The first kappa shape index (κ1) is 12.9. The van der Waals surface area contributed by atoms with Gasteiger partial charge in [-0.15, -0.1) is 0 Å².